The van der Waals surface area contributed by atoms with Crippen LogP contribution in [0.4, 0.5) is 4.39 Å². The number of methoxy groups -OCH3 is 1. The maximum Gasteiger partial charge on any atom is 0.246 e. The van der Waals surface area contributed by atoms with Crippen LogP contribution >= 0.6 is 0 Å². The van der Waals surface area contributed by atoms with E-state index in [1.54, 1.807) is 18.6 Å². The number of halogens is 1. The molecule has 4 rings (SSSR count). The molecule has 0 radical (unpaired) electrons. The molecule has 0 atom stereocenters. The van der Waals surface area contributed by atoms with Crippen LogP contribution in [0.1, 0.15) is 24.6 Å². The average Bonchev–Trinajstić information content (AvgIpc) is 3.25. The van der Waals surface area contributed by atoms with Crippen molar-refractivity contribution in [2.24, 2.45) is 0 Å². The van der Waals surface area contributed by atoms with Crippen molar-refractivity contribution in [1.29, 1.82) is 0 Å². The first-order valence-electron chi connectivity index (χ1n) is 9.01. The third-order valence-electron chi connectivity index (χ3n) is 4.88. The Kier molecular flexibility index (Phi) is 5.24. The quantitative estimate of drug-likeness (QED) is 0.674. The Morgan fingerprint density at radius 1 is 1.24 bits per heavy atom. The van der Waals surface area contributed by atoms with Gasteiger partial charge in [-0.3, -0.25) is 10.1 Å². The third kappa shape index (κ3) is 3.83. The molecule has 11 heteroatoms. The van der Waals surface area contributed by atoms with Gasteiger partial charge in [0.25, 0.3) is 0 Å². The first-order chi connectivity index (χ1) is 14.0. The van der Waals surface area contributed by atoms with E-state index in [2.05, 4.69) is 25.1 Å². The topological polar surface area (TPSA) is 114 Å². The summed E-state index contributed by atoms with van der Waals surface area (Å²) in [6.45, 7) is 0.571. The van der Waals surface area contributed by atoms with Gasteiger partial charge >= 0.3 is 0 Å². The molecule has 2 aromatic heterocycles. The number of rotatable bonds is 5. The lowest BCUT2D eigenvalue weighted by molar-refractivity contribution is 0.311. The first-order valence-corrected chi connectivity index (χ1v) is 10.5. The van der Waals surface area contributed by atoms with Crippen LogP contribution in [-0.4, -0.2) is 58.1 Å². The monoisotopic (exact) mass is 418 g/mol. The van der Waals surface area contributed by atoms with Crippen molar-refractivity contribution in [1.82, 2.24) is 29.5 Å². The molecule has 1 N–H and O–H groups in total. The van der Waals surface area contributed by atoms with Crippen LogP contribution < -0.4 is 4.74 Å². The molecule has 1 aromatic carbocycles. The van der Waals surface area contributed by atoms with Gasteiger partial charge in [-0.05, 0) is 31.0 Å². The molecule has 29 heavy (non-hydrogen) atoms. The maximum absolute atomic E-state index is 13.6. The van der Waals surface area contributed by atoms with Crippen LogP contribution in [0.25, 0.3) is 11.5 Å². The summed E-state index contributed by atoms with van der Waals surface area (Å²) < 4.78 is 46.1. The van der Waals surface area contributed by atoms with Gasteiger partial charge in [0.15, 0.2) is 0 Å². The molecule has 0 aliphatic carbocycles. The minimum atomic E-state index is -3.87. The van der Waals surface area contributed by atoms with E-state index < -0.39 is 15.8 Å². The molecule has 3 aromatic rings. The Morgan fingerprint density at radius 3 is 2.72 bits per heavy atom. The van der Waals surface area contributed by atoms with E-state index in [0.717, 1.165) is 6.07 Å². The van der Waals surface area contributed by atoms with E-state index in [9.17, 15) is 12.8 Å². The fraction of sp³-hybridized carbons (Fsp3) is 0.333. The van der Waals surface area contributed by atoms with Crippen LogP contribution in [0.3, 0.4) is 0 Å². The number of aromatic amines is 1. The van der Waals surface area contributed by atoms with Crippen molar-refractivity contribution in [2.75, 3.05) is 20.2 Å². The number of aromatic nitrogens is 5. The van der Waals surface area contributed by atoms with Gasteiger partial charge in [-0.15, -0.1) is 0 Å². The van der Waals surface area contributed by atoms with Gasteiger partial charge in [-0.25, -0.2) is 22.8 Å². The van der Waals surface area contributed by atoms with Crippen molar-refractivity contribution in [3.8, 4) is 17.3 Å². The summed E-state index contributed by atoms with van der Waals surface area (Å²) in [7, 11) is -2.51. The molecule has 1 aliphatic heterocycles. The SMILES string of the molecule is COc1ccc(F)cc1S(=O)(=O)N1CCC(c2nc(-c3cnccn3)n[nH]2)CC1. The molecule has 1 aliphatic rings. The highest BCUT2D eigenvalue weighted by Gasteiger charge is 2.33. The molecule has 1 fully saturated rings. The van der Waals surface area contributed by atoms with Crippen LogP contribution in [0.15, 0.2) is 41.7 Å². The zero-order valence-corrected chi connectivity index (χ0v) is 16.4. The average molecular weight is 418 g/mol. The Morgan fingerprint density at radius 2 is 2.03 bits per heavy atom. The number of ether oxygens (including phenoxy) is 1. The Balaban J connectivity index is 1.49. The van der Waals surface area contributed by atoms with Crippen LogP contribution in [0.5, 0.6) is 5.75 Å². The predicted molar refractivity (Wildman–Crippen MR) is 101 cm³/mol. The molecule has 0 spiro atoms. The van der Waals surface area contributed by atoms with Crippen molar-refractivity contribution < 1.29 is 17.5 Å². The molecule has 152 valence electrons. The molecule has 9 nitrogen and oxygen atoms in total. The number of hydrogen-bond acceptors (Lipinski definition) is 7. The Hall–Kier alpha value is -2.92. The van der Waals surface area contributed by atoms with E-state index in [0.29, 0.717) is 30.2 Å². The number of H-pyrrole nitrogens is 1. The fourth-order valence-electron chi connectivity index (χ4n) is 3.35. The Labute approximate surface area is 167 Å². The summed E-state index contributed by atoms with van der Waals surface area (Å²) in [5.74, 6) is 0.669. The highest BCUT2D eigenvalue weighted by Crippen LogP contribution is 2.32. The number of benzene rings is 1. The second-order valence-corrected chi connectivity index (χ2v) is 8.51. The summed E-state index contributed by atoms with van der Waals surface area (Å²) in [4.78, 5) is 12.5. The van der Waals surface area contributed by atoms with Crippen molar-refractivity contribution in [2.45, 2.75) is 23.7 Å². The largest absolute Gasteiger partial charge is 0.495 e. The van der Waals surface area contributed by atoms with Crippen LogP contribution in [0.2, 0.25) is 0 Å². The van der Waals surface area contributed by atoms with Crippen molar-refractivity contribution in [3.63, 3.8) is 0 Å². The number of sulfonamides is 1. The van der Waals surface area contributed by atoms with E-state index in [1.165, 1.54) is 23.5 Å². The Bertz CT molecular complexity index is 1100. The van der Waals surface area contributed by atoms with Gasteiger partial charge in [0.2, 0.25) is 15.8 Å². The van der Waals surface area contributed by atoms with E-state index >= 15 is 0 Å². The third-order valence-corrected chi connectivity index (χ3v) is 6.80. The lowest BCUT2D eigenvalue weighted by Crippen LogP contribution is -2.38. The number of piperidine rings is 1. The number of nitrogens with one attached hydrogen (secondary N) is 1. The molecule has 1 saturated heterocycles. The van der Waals surface area contributed by atoms with Gasteiger partial charge in [-0.2, -0.15) is 9.40 Å². The highest BCUT2D eigenvalue weighted by atomic mass is 32.2. The standard InChI is InChI=1S/C18H19FN6O3S/c1-28-15-3-2-13(19)10-16(15)29(26,27)25-8-4-12(5-9-25)17-22-18(24-23-17)14-11-20-6-7-21-14/h2-3,6-7,10-12H,4-5,8-9H2,1H3,(H,22,23,24). The smallest absolute Gasteiger partial charge is 0.246 e. The van der Waals surface area contributed by atoms with Gasteiger partial charge < -0.3 is 4.74 Å². The molecule has 0 unspecified atom stereocenters. The zero-order chi connectivity index (χ0) is 20.4. The summed E-state index contributed by atoms with van der Waals surface area (Å²) in [6.07, 6.45) is 5.84. The minimum Gasteiger partial charge on any atom is -0.495 e. The lowest BCUT2D eigenvalue weighted by Gasteiger charge is -2.30. The fourth-order valence-corrected chi connectivity index (χ4v) is 4.98. The van der Waals surface area contributed by atoms with Crippen LogP contribution in [0, 0.1) is 5.82 Å². The second-order valence-electron chi connectivity index (χ2n) is 6.61. The molecular weight excluding hydrogens is 399 g/mol. The molecule has 3 heterocycles. The summed E-state index contributed by atoms with van der Waals surface area (Å²) in [5, 5.41) is 7.10. The minimum absolute atomic E-state index is 0.0359. The lowest BCUT2D eigenvalue weighted by atomic mass is 9.97. The summed E-state index contributed by atoms with van der Waals surface area (Å²) in [5.41, 5.74) is 0.563. The van der Waals surface area contributed by atoms with E-state index in [1.807, 2.05) is 0 Å². The van der Waals surface area contributed by atoms with E-state index in [-0.39, 0.29) is 29.7 Å². The molecule has 0 bridgehead atoms. The normalized spacial score (nSPS) is 16.1. The van der Waals surface area contributed by atoms with Crippen molar-refractivity contribution >= 4 is 10.0 Å². The van der Waals surface area contributed by atoms with Gasteiger partial charge in [0.1, 0.15) is 28.0 Å². The van der Waals surface area contributed by atoms with Crippen LogP contribution in [-0.2, 0) is 10.0 Å². The molecule has 0 saturated carbocycles. The predicted octanol–water partition coefficient (Wildman–Crippen LogP) is 1.98. The molecular formula is C18H19FN6O3S. The van der Waals surface area contributed by atoms with Gasteiger partial charge in [0, 0.05) is 31.4 Å². The highest BCUT2D eigenvalue weighted by molar-refractivity contribution is 7.89. The van der Waals surface area contributed by atoms with Crippen molar-refractivity contribution in [3.05, 3.63) is 48.4 Å². The maximum atomic E-state index is 13.6. The molecule has 0 amide bonds. The first kappa shape index (κ1) is 19.4. The summed E-state index contributed by atoms with van der Waals surface area (Å²) in [6, 6.07) is 3.48. The zero-order valence-electron chi connectivity index (χ0n) is 15.6. The van der Waals surface area contributed by atoms with Gasteiger partial charge in [0.05, 0.1) is 13.3 Å². The number of nitrogens with zero attached hydrogens (tertiary/aromatic N) is 5. The van der Waals surface area contributed by atoms with Gasteiger partial charge in [-0.1, -0.05) is 0 Å². The summed E-state index contributed by atoms with van der Waals surface area (Å²) >= 11 is 0. The van der Waals surface area contributed by atoms with E-state index in [4.69, 9.17) is 4.74 Å². The number of hydrogen-bond donors (Lipinski definition) is 1. The second kappa shape index (κ2) is 7.84.